The van der Waals surface area contributed by atoms with Crippen LogP contribution in [0.4, 0.5) is 0 Å². The van der Waals surface area contributed by atoms with Gasteiger partial charge in [-0.25, -0.2) is 0 Å². The molecule has 1 aliphatic rings. The number of aromatic amines is 1. The van der Waals surface area contributed by atoms with E-state index < -0.39 is 0 Å². The molecule has 1 aliphatic carbocycles. The van der Waals surface area contributed by atoms with E-state index in [1.54, 1.807) is 0 Å². The maximum atomic E-state index is 3.51. The van der Waals surface area contributed by atoms with Crippen LogP contribution >= 0.6 is 0 Å². The average Bonchev–Trinajstić information content (AvgIpc) is 3.73. The second-order valence-electron chi connectivity index (χ2n) is 11.4. The number of H-pyrrole nitrogens is 1. The molecule has 2 heterocycles. The molecule has 42 heavy (non-hydrogen) atoms. The predicted molar refractivity (Wildman–Crippen MR) is 178 cm³/mol. The molecule has 10 rings (SSSR count). The Morgan fingerprint density at radius 3 is 2.07 bits per heavy atom. The Morgan fingerprint density at radius 2 is 1.19 bits per heavy atom. The largest absolute Gasteiger partial charge is 0.359 e. The van der Waals surface area contributed by atoms with E-state index in [4.69, 9.17) is 0 Å². The molecule has 0 aliphatic heterocycles. The van der Waals surface area contributed by atoms with Gasteiger partial charge in [0, 0.05) is 22.7 Å². The average molecular weight is 533 g/mol. The van der Waals surface area contributed by atoms with E-state index in [0.29, 0.717) is 0 Å². The first-order valence-electron chi connectivity index (χ1n) is 14.5. The molecule has 0 radical (unpaired) electrons. The van der Waals surface area contributed by atoms with E-state index in [1.807, 2.05) is 6.20 Å². The minimum Gasteiger partial charge on any atom is -0.359 e. The second-order valence-corrected chi connectivity index (χ2v) is 11.4. The van der Waals surface area contributed by atoms with Crippen molar-refractivity contribution >= 4 is 54.3 Å². The van der Waals surface area contributed by atoms with E-state index >= 15 is 0 Å². The topological polar surface area (TPSA) is 20.7 Å². The molecule has 0 bridgehead atoms. The van der Waals surface area contributed by atoms with Crippen molar-refractivity contribution in [1.29, 1.82) is 0 Å². The first-order chi connectivity index (χ1) is 20.8. The summed E-state index contributed by atoms with van der Waals surface area (Å²) in [5, 5.41) is 8.99. The van der Waals surface area contributed by atoms with Gasteiger partial charge in [-0.3, -0.25) is 0 Å². The molecule has 0 fully saturated rings. The third kappa shape index (κ3) is 2.83. The molecule has 0 saturated heterocycles. The second kappa shape index (κ2) is 7.99. The van der Waals surface area contributed by atoms with Gasteiger partial charge in [-0.2, -0.15) is 0 Å². The highest BCUT2D eigenvalue weighted by Crippen LogP contribution is 2.49. The summed E-state index contributed by atoms with van der Waals surface area (Å²) >= 11 is 0. The smallest absolute Gasteiger partial charge is 0.0720 e. The van der Waals surface area contributed by atoms with Crippen LogP contribution in [0, 0.1) is 0 Å². The number of nitrogens with one attached hydrogen (secondary N) is 1. The number of rotatable bonds is 2. The van der Waals surface area contributed by atoms with Crippen molar-refractivity contribution in [2.75, 3.05) is 0 Å². The summed E-state index contributed by atoms with van der Waals surface area (Å²) in [6, 6.07) is 49.3. The highest BCUT2D eigenvalue weighted by Gasteiger charge is 2.22. The molecule has 0 unspecified atom stereocenters. The zero-order valence-electron chi connectivity index (χ0n) is 22.7. The molecule has 0 amide bonds. The van der Waals surface area contributed by atoms with E-state index in [0.717, 1.165) is 0 Å². The van der Waals surface area contributed by atoms with Crippen molar-refractivity contribution < 1.29 is 0 Å². The molecule has 2 nitrogen and oxygen atoms in total. The fourth-order valence-electron chi connectivity index (χ4n) is 7.47. The van der Waals surface area contributed by atoms with Crippen LogP contribution in [0.3, 0.4) is 0 Å². The van der Waals surface area contributed by atoms with Gasteiger partial charge in [0.25, 0.3) is 0 Å². The molecule has 2 heteroatoms. The van der Waals surface area contributed by atoms with Crippen LogP contribution in [0.2, 0.25) is 0 Å². The van der Waals surface area contributed by atoms with Crippen LogP contribution in [0.15, 0.2) is 140 Å². The van der Waals surface area contributed by atoms with Crippen molar-refractivity contribution in [3.63, 3.8) is 0 Å². The van der Waals surface area contributed by atoms with Gasteiger partial charge in [0.1, 0.15) is 0 Å². The number of aromatic nitrogens is 2. The van der Waals surface area contributed by atoms with Gasteiger partial charge in [-0.05, 0) is 90.6 Å². The predicted octanol–water partition coefficient (Wildman–Crippen LogP) is 10.9. The third-order valence-corrected chi connectivity index (χ3v) is 9.28. The van der Waals surface area contributed by atoms with Gasteiger partial charge >= 0.3 is 0 Å². The fourth-order valence-corrected chi connectivity index (χ4v) is 7.47. The summed E-state index contributed by atoms with van der Waals surface area (Å²) in [5.74, 6) is 0. The van der Waals surface area contributed by atoms with Crippen molar-refractivity contribution in [3.05, 3.63) is 140 Å². The normalized spacial score (nSPS) is 12.3. The first-order valence-corrected chi connectivity index (χ1v) is 14.5. The van der Waals surface area contributed by atoms with Crippen molar-refractivity contribution in [2.45, 2.75) is 0 Å². The SMILES string of the molecule is c1cc(-c2cccc3cc4c(cc23)-c2cccc3cccc-4c23)cc(-n2c3cc[nH]c3c3ccc4ccccc4c32)c1. The van der Waals surface area contributed by atoms with Crippen molar-refractivity contribution in [3.8, 4) is 39.1 Å². The Kier molecular flexibility index (Phi) is 4.21. The third-order valence-electron chi connectivity index (χ3n) is 9.28. The Bertz CT molecular complexity index is 2570. The lowest BCUT2D eigenvalue weighted by Gasteiger charge is -2.14. The molecular weight excluding hydrogens is 508 g/mol. The van der Waals surface area contributed by atoms with Crippen LogP contribution in [0.5, 0.6) is 0 Å². The Balaban J connectivity index is 1.22. The van der Waals surface area contributed by atoms with E-state index in [9.17, 15) is 0 Å². The minimum absolute atomic E-state index is 1.17. The summed E-state index contributed by atoms with van der Waals surface area (Å²) < 4.78 is 2.42. The standard InChI is InChI=1S/C40H24N2/c1-2-13-30-24(7-1)17-18-33-39-37(19-20-41-39)42(40(30)33)28-12-3-10-26(21-28)29-14-6-11-27-22-35-31-15-4-8-25-9-5-16-32(38(25)31)36(35)23-34(27)29/h1-23,41H. The van der Waals surface area contributed by atoms with Gasteiger partial charge in [0.15, 0.2) is 0 Å². The van der Waals surface area contributed by atoms with Crippen LogP contribution < -0.4 is 0 Å². The summed E-state index contributed by atoms with van der Waals surface area (Å²) in [6.45, 7) is 0. The lowest BCUT2D eigenvalue weighted by atomic mass is 9.93. The quantitative estimate of drug-likeness (QED) is 0.229. The Hall–Kier alpha value is -5.60. The van der Waals surface area contributed by atoms with Crippen LogP contribution in [0.25, 0.3) is 93.3 Å². The van der Waals surface area contributed by atoms with Gasteiger partial charge in [-0.15, -0.1) is 0 Å². The van der Waals surface area contributed by atoms with Gasteiger partial charge in [0.2, 0.25) is 0 Å². The van der Waals surface area contributed by atoms with Crippen molar-refractivity contribution in [2.24, 2.45) is 0 Å². The summed E-state index contributed by atoms with van der Waals surface area (Å²) in [7, 11) is 0. The lowest BCUT2D eigenvalue weighted by molar-refractivity contribution is 1.19. The summed E-state index contributed by atoms with van der Waals surface area (Å²) in [6.07, 6.45) is 2.05. The van der Waals surface area contributed by atoms with Crippen LogP contribution in [-0.2, 0) is 0 Å². The fraction of sp³-hybridized carbons (Fsp3) is 0. The molecular formula is C40H24N2. The molecule has 9 aromatic rings. The van der Waals surface area contributed by atoms with Gasteiger partial charge in [-0.1, -0.05) is 103 Å². The van der Waals surface area contributed by atoms with Crippen LogP contribution in [-0.4, -0.2) is 9.55 Å². The Morgan fingerprint density at radius 1 is 0.452 bits per heavy atom. The number of nitrogens with zero attached hydrogens (tertiary/aromatic N) is 1. The minimum atomic E-state index is 1.17. The number of benzene rings is 7. The molecule has 1 N–H and O–H groups in total. The Labute approximate surface area is 242 Å². The highest BCUT2D eigenvalue weighted by molar-refractivity contribution is 6.19. The zero-order chi connectivity index (χ0) is 27.4. The molecule has 2 aromatic heterocycles. The van der Waals surface area contributed by atoms with Crippen molar-refractivity contribution in [1.82, 2.24) is 9.55 Å². The maximum Gasteiger partial charge on any atom is 0.0720 e. The number of hydrogen-bond donors (Lipinski definition) is 1. The molecule has 0 spiro atoms. The maximum absolute atomic E-state index is 3.51. The zero-order valence-corrected chi connectivity index (χ0v) is 22.7. The number of hydrogen-bond acceptors (Lipinski definition) is 0. The molecule has 0 saturated carbocycles. The molecule has 194 valence electrons. The van der Waals surface area contributed by atoms with E-state index in [-0.39, 0.29) is 0 Å². The van der Waals surface area contributed by atoms with Gasteiger partial charge in [0.05, 0.1) is 16.6 Å². The molecule has 7 aromatic carbocycles. The monoisotopic (exact) mass is 532 g/mol. The summed E-state index contributed by atoms with van der Waals surface area (Å²) in [4.78, 5) is 3.51. The van der Waals surface area contributed by atoms with Crippen LogP contribution in [0.1, 0.15) is 0 Å². The van der Waals surface area contributed by atoms with E-state index in [2.05, 4.69) is 143 Å². The summed E-state index contributed by atoms with van der Waals surface area (Å²) in [5.41, 5.74) is 12.6. The van der Waals surface area contributed by atoms with E-state index in [1.165, 1.54) is 93.3 Å². The highest BCUT2D eigenvalue weighted by atomic mass is 15.0. The first kappa shape index (κ1) is 22.1. The lowest BCUT2D eigenvalue weighted by Crippen LogP contribution is -1.95. The molecule has 0 atom stereocenters. The number of fused-ring (bicyclic) bond motifs is 9. The van der Waals surface area contributed by atoms with Gasteiger partial charge < -0.3 is 9.55 Å².